The highest BCUT2D eigenvalue weighted by atomic mass is 16.2. The van der Waals surface area contributed by atoms with Crippen LogP contribution in [0.5, 0.6) is 0 Å². The Labute approximate surface area is 91.1 Å². The standard InChI is InChI=1S/C12H18N2O/c1-3-10-7-14(6-9(10)2)11(15)12(8-13)4-5-12/h9-10H,3-7H2,1-2H3/t9-,10+/m1/s1. The van der Waals surface area contributed by atoms with Crippen LogP contribution in [0.25, 0.3) is 0 Å². The Kier molecular flexibility index (Phi) is 2.46. The summed E-state index contributed by atoms with van der Waals surface area (Å²) >= 11 is 0. The van der Waals surface area contributed by atoms with E-state index in [1.54, 1.807) is 0 Å². The van der Waals surface area contributed by atoms with Crippen LogP contribution in [0.4, 0.5) is 0 Å². The van der Waals surface area contributed by atoms with Crippen molar-refractivity contribution in [2.75, 3.05) is 13.1 Å². The number of likely N-dealkylation sites (tertiary alicyclic amines) is 1. The number of carbonyl (C=O) groups is 1. The van der Waals surface area contributed by atoms with Gasteiger partial charge >= 0.3 is 0 Å². The molecular weight excluding hydrogens is 188 g/mol. The molecule has 2 aliphatic rings. The van der Waals surface area contributed by atoms with Gasteiger partial charge in [-0.25, -0.2) is 0 Å². The van der Waals surface area contributed by atoms with E-state index in [0.717, 1.165) is 32.4 Å². The molecule has 1 saturated carbocycles. The quantitative estimate of drug-likeness (QED) is 0.691. The zero-order valence-electron chi connectivity index (χ0n) is 9.49. The average molecular weight is 206 g/mol. The van der Waals surface area contributed by atoms with E-state index in [9.17, 15) is 4.79 Å². The molecule has 3 nitrogen and oxygen atoms in total. The molecule has 0 unspecified atom stereocenters. The third kappa shape index (κ3) is 1.62. The Balaban J connectivity index is 2.02. The van der Waals surface area contributed by atoms with Crippen molar-refractivity contribution in [2.45, 2.75) is 33.1 Å². The molecule has 15 heavy (non-hydrogen) atoms. The highest BCUT2D eigenvalue weighted by Gasteiger charge is 2.53. The van der Waals surface area contributed by atoms with Crippen LogP contribution >= 0.6 is 0 Å². The lowest BCUT2D eigenvalue weighted by Gasteiger charge is -2.18. The lowest BCUT2D eigenvalue weighted by atomic mass is 9.96. The second-order valence-corrected chi connectivity index (χ2v) is 5.05. The number of hydrogen-bond donors (Lipinski definition) is 0. The lowest BCUT2D eigenvalue weighted by molar-refractivity contribution is -0.134. The van der Waals surface area contributed by atoms with Gasteiger partial charge in [-0.2, -0.15) is 5.26 Å². The average Bonchev–Trinajstić information content (AvgIpc) is 2.96. The van der Waals surface area contributed by atoms with E-state index < -0.39 is 5.41 Å². The highest BCUT2D eigenvalue weighted by molar-refractivity contribution is 5.88. The van der Waals surface area contributed by atoms with E-state index in [1.807, 2.05) is 4.90 Å². The van der Waals surface area contributed by atoms with Gasteiger partial charge in [0.1, 0.15) is 5.41 Å². The molecule has 0 aromatic heterocycles. The molecular formula is C12H18N2O. The fourth-order valence-electron chi connectivity index (χ4n) is 2.53. The van der Waals surface area contributed by atoms with Gasteiger partial charge in [-0.1, -0.05) is 20.3 Å². The molecule has 2 atom stereocenters. The summed E-state index contributed by atoms with van der Waals surface area (Å²) in [6.07, 6.45) is 2.67. The van der Waals surface area contributed by atoms with Gasteiger partial charge in [0.05, 0.1) is 6.07 Å². The molecule has 1 heterocycles. The molecule has 0 aromatic carbocycles. The molecule has 1 aliphatic carbocycles. The maximum Gasteiger partial charge on any atom is 0.243 e. The molecule has 1 saturated heterocycles. The number of carbonyl (C=O) groups excluding carboxylic acids is 1. The maximum absolute atomic E-state index is 12.1. The number of rotatable bonds is 2. The van der Waals surface area contributed by atoms with Crippen LogP contribution < -0.4 is 0 Å². The molecule has 0 aromatic rings. The van der Waals surface area contributed by atoms with Crippen molar-refractivity contribution in [3.8, 4) is 6.07 Å². The number of nitriles is 1. The predicted molar refractivity (Wildman–Crippen MR) is 56.8 cm³/mol. The molecule has 2 fully saturated rings. The Bertz CT molecular complexity index is 314. The summed E-state index contributed by atoms with van der Waals surface area (Å²) in [7, 11) is 0. The van der Waals surface area contributed by atoms with E-state index in [2.05, 4.69) is 19.9 Å². The predicted octanol–water partition coefficient (Wildman–Crippen LogP) is 1.79. The van der Waals surface area contributed by atoms with Crippen molar-refractivity contribution in [3.63, 3.8) is 0 Å². The minimum atomic E-state index is -0.623. The Hall–Kier alpha value is -1.04. The number of hydrogen-bond acceptors (Lipinski definition) is 2. The topological polar surface area (TPSA) is 44.1 Å². The Morgan fingerprint density at radius 2 is 2.20 bits per heavy atom. The van der Waals surface area contributed by atoms with Gasteiger partial charge in [-0.05, 0) is 24.7 Å². The molecule has 2 rings (SSSR count). The first-order valence-corrected chi connectivity index (χ1v) is 5.83. The van der Waals surface area contributed by atoms with Crippen molar-refractivity contribution in [1.82, 2.24) is 4.90 Å². The first-order valence-electron chi connectivity index (χ1n) is 5.83. The van der Waals surface area contributed by atoms with E-state index in [0.29, 0.717) is 11.8 Å². The zero-order chi connectivity index (χ0) is 11.1. The van der Waals surface area contributed by atoms with Crippen LogP contribution in [0.3, 0.4) is 0 Å². The fraction of sp³-hybridized carbons (Fsp3) is 0.833. The van der Waals surface area contributed by atoms with Gasteiger partial charge in [0.15, 0.2) is 0 Å². The lowest BCUT2D eigenvalue weighted by Crippen LogP contribution is -2.35. The molecule has 0 bridgehead atoms. The summed E-state index contributed by atoms with van der Waals surface area (Å²) in [6.45, 7) is 6.08. The van der Waals surface area contributed by atoms with Crippen LogP contribution in [0, 0.1) is 28.6 Å². The van der Waals surface area contributed by atoms with Gasteiger partial charge in [0.2, 0.25) is 5.91 Å². The first kappa shape index (κ1) is 10.5. The smallest absolute Gasteiger partial charge is 0.243 e. The summed E-state index contributed by atoms with van der Waals surface area (Å²) in [5.41, 5.74) is -0.623. The SMILES string of the molecule is CC[C@H]1CN(C(=O)C2(C#N)CC2)C[C@H]1C. The Morgan fingerprint density at radius 1 is 1.53 bits per heavy atom. The van der Waals surface area contributed by atoms with E-state index in [1.165, 1.54) is 0 Å². The summed E-state index contributed by atoms with van der Waals surface area (Å²) < 4.78 is 0. The van der Waals surface area contributed by atoms with Crippen molar-refractivity contribution in [1.29, 1.82) is 5.26 Å². The van der Waals surface area contributed by atoms with Crippen LogP contribution in [0.1, 0.15) is 33.1 Å². The van der Waals surface area contributed by atoms with Crippen molar-refractivity contribution < 1.29 is 4.79 Å². The first-order chi connectivity index (χ1) is 7.13. The summed E-state index contributed by atoms with van der Waals surface area (Å²) in [6, 6.07) is 2.19. The fourth-order valence-corrected chi connectivity index (χ4v) is 2.53. The summed E-state index contributed by atoms with van der Waals surface area (Å²) in [5.74, 6) is 1.31. The van der Waals surface area contributed by atoms with Gasteiger partial charge in [-0.3, -0.25) is 4.79 Å². The van der Waals surface area contributed by atoms with Crippen LogP contribution in [-0.2, 0) is 4.79 Å². The highest BCUT2D eigenvalue weighted by Crippen LogP contribution is 2.47. The van der Waals surface area contributed by atoms with Gasteiger partial charge in [0.25, 0.3) is 0 Å². The third-order valence-electron chi connectivity index (χ3n) is 3.95. The minimum absolute atomic E-state index is 0.0906. The largest absolute Gasteiger partial charge is 0.341 e. The van der Waals surface area contributed by atoms with Crippen molar-refractivity contribution in [2.24, 2.45) is 17.3 Å². The number of nitrogens with zero attached hydrogens (tertiary/aromatic N) is 2. The van der Waals surface area contributed by atoms with Crippen molar-refractivity contribution in [3.05, 3.63) is 0 Å². The van der Waals surface area contributed by atoms with Crippen molar-refractivity contribution >= 4 is 5.91 Å². The minimum Gasteiger partial charge on any atom is -0.341 e. The summed E-state index contributed by atoms with van der Waals surface area (Å²) in [5, 5.41) is 8.98. The maximum atomic E-state index is 12.1. The normalized spacial score (nSPS) is 32.5. The van der Waals surface area contributed by atoms with Crippen LogP contribution in [0.15, 0.2) is 0 Å². The molecule has 3 heteroatoms. The molecule has 0 radical (unpaired) electrons. The second-order valence-electron chi connectivity index (χ2n) is 5.05. The third-order valence-corrected chi connectivity index (χ3v) is 3.95. The molecule has 0 spiro atoms. The monoisotopic (exact) mass is 206 g/mol. The Morgan fingerprint density at radius 3 is 2.60 bits per heavy atom. The molecule has 1 amide bonds. The van der Waals surface area contributed by atoms with E-state index in [-0.39, 0.29) is 5.91 Å². The van der Waals surface area contributed by atoms with Crippen LogP contribution in [0.2, 0.25) is 0 Å². The molecule has 82 valence electrons. The van der Waals surface area contributed by atoms with Gasteiger partial charge < -0.3 is 4.90 Å². The second kappa shape index (κ2) is 3.52. The van der Waals surface area contributed by atoms with Gasteiger partial charge in [-0.15, -0.1) is 0 Å². The zero-order valence-corrected chi connectivity index (χ0v) is 9.49. The molecule has 1 aliphatic heterocycles. The van der Waals surface area contributed by atoms with Crippen LogP contribution in [-0.4, -0.2) is 23.9 Å². The number of amides is 1. The molecule has 0 N–H and O–H groups in total. The van der Waals surface area contributed by atoms with Gasteiger partial charge in [0, 0.05) is 13.1 Å². The van der Waals surface area contributed by atoms with E-state index >= 15 is 0 Å². The van der Waals surface area contributed by atoms with E-state index in [4.69, 9.17) is 5.26 Å². The summed E-state index contributed by atoms with van der Waals surface area (Å²) in [4.78, 5) is 14.0.